The summed E-state index contributed by atoms with van der Waals surface area (Å²) < 4.78 is 0. The van der Waals surface area contributed by atoms with E-state index in [0.717, 1.165) is 32.1 Å². The van der Waals surface area contributed by atoms with Gasteiger partial charge in [-0.3, -0.25) is 25.0 Å². The van der Waals surface area contributed by atoms with Gasteiger partial charge in [-0.2, -0.15) is 0 Å². The van der Waals surface area contributed by atoms with Crippen LogP contribution in [0.4, 0.5) is 0 Å². The van der Waals surface area contributed by atoms with Gasteiger partial charge in [-0.1, -0.05) is 34.6 Å². The molecule has 3 unspecified atom stereocenters. The number of nitro groups is 2. The summed E-state index contributed by atoms with van der Waals surface area (Å²) in [5, 5.41) is 23.7. The van der Waals surface area contributed by atoms with Gasteiger partial charge in [0.15, 0.2) is 0 Å². The van der Waals surface area contributed by atoms with Crippen molar-refractivity contribution in [3.05, 3.63) is 20.2 Å². The molecule has 0 radical (unpaired) electrons. The van der Waals surface area contributed by atoms with E-state index in [4.69, 9.17) is 0 Å². The van der Waals surface area contributed by atoms with Crippen molar-refractivity contribution in [2.24, 2.45) is 52.3 Å². The highest BCUT2D eigenvalue weighted by molar-refractivity contribution is 5.80. The van der Waals surface area contributed by atoms with Crippen molar-refractivity contribution in [2.75, 3.05) is 0 Å². The van der Waals surface area contributed by atoms with Crippen LogP contribution in [0.2, 0.25) is 0 Å². The van der Waals surface area contributed by atoms with E-state index in [1.54, 1.807) is 0 Å². The number of carbonyl (C=O) groups is 1. The zero-order valence-electron chi connectivity index (χ0n) is 21.7. The maximum Gasteiger partial charge on any atom is 0.223 e. The van der Waals surface area contributed by atoms with E-state index >= 15 is 0 Å². The molecular weight excluding hydrogens is 432 g/mol. The van der Waals surface area contributed by atoms with Gasteiger partial charge in [-0.05, 0) is 85.4 Å². The lowest BCUT2D eigenvalue weighted by Gasteiger charge is -2.60. The van der Waals surface area contributed by atoms with Crippen LogP contribution in [0.15, 0.2) is 0 Å². The quantitative estimate of drug-likeness (QED) is 0.322. The van der Waals surface area contributed by atoms with Crippen LogP contribution in [0.25, 0.3) is 0 Å². The highest BCUT2D eigenvalue weighted by Crippen LogP contribution is 2.68. The molecule has 4 saturated carbocycles. The van der Waals surface area contributed by atoms with E-state index in [0.29, 0.717) is 48.2 Å². The molecule has 4 rings (SSSR count). The average molecular weight is 477 g/mol. The van der Waals surface area contributed by atoms with Crippen LogP contribution in [0, 0.1) is 72.5 Å². The van der Waals surface area contributed by atoms with Crippen LogP contribution in [0.1, 0.15) is 98.8 Å². The summed E-state index contributed by atoms with van der Waals surface area (Å²) >= 11 is 0. The number of carbonyl (C=O) groups excluding carboxylic acids is 1. The van der Waals surface area contributed by atoms with Crippen molar-refractivity contribution in [1.82, 2.24) is 0 Å². The molecule has 0 aromatic carbocycles. The molecule has 7 nitrogen and oxygen atoms in total. The molecule has 4 aliphatic rings. The molecule has 4 aliphatic carbocycles. The SMILES string of the molecule is CC(C)C(=O)CC[C@@H](C)[C@H]1CC[C@H]2[C@@H]3CCC4C([N+](=O)[O-])CC([N+](=O)[O-])C[C@]4(C)[C@H]3CC[C@]12C. The molecule has 4 fully saturated rings. The van der Waals surface area contributed by atoms with Crippen LogP contribution in [-0.4, -0.2) is 27.7 Å². The third kappa shape index (κ3) is 4.09. The molecule has 0 aromatic heterocycles. The first kappa shape index (κ1) is 25.6. The number of Topliss-reactive ketones (excluding diaryl/α,β-unsaturated/α-hetero) is 1. The van der Waals surface area contributed by atoms with Crippen molar-refractivity contribution >= 4 is 5.78 Å². The predicted molar refractivity (Wildman–Crippen MR) is 130 cm³/mol. The maximum atomic E-state index is 12.2. The largest absolute Gasteiger partial charge is 0.299 e. The first-order chi connectivity index (χ1) is 15.9. The van der Waals surface area contributed by atoms with Crippen molar-refractivity contribution < 1.29 is 14.6 Å². The number of hydrogen-bond acceptors (Lipinski definition) is 5. The third-order valence-corrected chi connectivity index (χ3v) is 11.4. The minimum absolute atomic E-state index is 0.0394. The lowest BCUT2D eigenvalue weighted by Crippen LogP contribution is -2.59. The second kappa shape index (κ2) is 9.16. The predicted octanol–water partition coefficient (Wildman–Crippen LogP) is 6.19. The minimum atomic E-state index is -0.793. The summed E-state index contributed by atoms with van der Waals surface area (Å²) in [6.07, 6.45) is 8.65. The topological polar surface area (TPSA) is 103 Å². The summed E-state index contributed by atoms with van der Waals surface area (Å²) in [5.41, 5.74) is -0.0598. The van der Waals surface area contributed by atoms with Crippen LogP contribution in [0.3, 0.4) is 0 Å². The Morgan fingerprint density at radius 3 is 2.18 bits per heavy atom. The van der Waals surface area contributed by atoms with Gasteiger partial charge >= 0.3 is 0 Å². The number of fused-ring (bicyclic) bond motifs is 5. The summed E-state index contributed by atoms with van der Waals surface area (Å²) in [6, 6.07) is -1.57. The fourth-order valence-electron chi connectivity index (χ4n) is 9.68. The molecule has 7 heteroatoms. The first-order valence-corrected chi connectivity index (χ1v) is 13.7. The Balaban J connectivity index is 1.54. The zero-order chi connectivity index (χ0) is 25.0. The Morgan fingerprint density at radius 2 is 1.56 bits per heavy atom. The molecule has 34 heavy (non-hydrogen) atoms. The number of rotatable bonds is 7. The highest BCUT2D eigenvalue weighted by atomic mass is 16.6. The lowest BCUT2D eigenvalue weighted by atomic mass is 9.43. The summed E-state index contributed by atoms with van der Waals surface area (Å²) in [4.78, 5) is 35.5. The molecule has 192 valence electrons. The van der Waals surface area contributed by atoms with Gasteiger partial charge in [0.25, 0.3) is 0 Å². The summed E-state index contributed by atoms with van der Waals surface area (Å²) in [6.45, 7) is 10.9. The number of hydrogen-bond donors (Lipinski definition) is 0. The van der Waals surface area contributed by atoms with E-state index in [1.807, 2.05) is 13.8 Å². The molecule has 0 aliphatic heterocycles. The normalized spacial score (nSPS) is 44.6. The van der Waals surface area contributed by atoms with Gasteiger partial charge in [0, 0.05) is 34.5 Å². The molecule has 10 atom stereocenters. The van der Waals surface area contributed by atoms with Crippen LogP contribution in [-0.2, 0) is 4.79 Å². The van der Waals surface area contributed by atoms with Crippen LogP contribution < -0.4 is 0 Å². The van der Waals surface area contributed by atoms with Crippen molar-refractivity contribution in [3.8, 4) is 0 Å². The van der Waals surface area contributed by atoms with Gasteiger partial charge < -0.3 is 0 Å². The molecule has 0 N–H and O–H groups in total. The Labute approximate surface area is 204 Å². The maximum absolute atomic E-state index is 12.2. The fourth-order valence-corrected chi connectivity index (χ4v) is 9.68. The van der Waals surface area contributed by atoms with Gasteiger partial charge in [0.2, 0.25) is 12.1 Å². The molecular formula is C27H44N2O5. The van der Waals surface area contributed by atoms with E-state index < -0.39 is 12.1 Å². The van der Waals surface area contributed by atoms with Gasteiger partial charge in [-0.25, -0.2) is 0 Å². The van der Waals surface area contributed by atoms with Crippen LogP contribution in [0.5, 0.6) is 0 Å². The summed E-state index contributed by atoms with van der Waals surface area (Å²) in [7, 11) is 0. The van der Waals surface area contributed by atoms with Crippen molar-refractivity contribution in [2.45, 2.75) is 111 Å². The van der Waals surface area contributed by atoms with Gasteiger partial charge in [-0.15, -0.1) is 0 Å². The molecule has 0 spiro atoms. The molecule has 0 saturated heterocycles. The first-order valence-electron chi connectivity index (χ1n) is 13.7. The van der Waals surface area contributed by atoms with Crippen LogP contribution >= 0.6 is 0 Å². The molecule has 0 heterocycles. The van der Waals surface area contributed by atoms with Crippen molar-refractivity contribution in [1.29, 1.82) is 0 Å². The van der Waals surface area contributed by atoms with Crippen molar-refractivity contribution in [3.63, 3.8) is 0 Å². The Bertz CT molecular complexity index is 830. The van der Waals surface area contributed by atoms with E-state index in [-0.39, 0.29) is 38.9 Å². The van der Waals surface area contributed by atoms with E-state index in [2.05, 4.69) is 20.8 Å². The lowest BCUT2D eigenvalue weighted by molar-refractivity contribution is -0.584. The number of ketones is 1. The smallest absolute Gasteiger partial charge is 0.223 e. The second-order valence-electron chi connectivity index (χ2n) is 13.2. The molecule has 0 bridgehead atoms. The Kier molecular flexibility index (Phi) is 6.89. The average Bonchev–Trinajstić information content (AvgIpc) is 3.12. The van der Waals surface area contributed by atoms with Gasteiger partial charge in [0.1, 0.15) is 5.78 Å². The zero-order valence-corrected chi connectivity index (χ0v) is 21.7. The number of nitrogens with zero attached hydrogens (tertiary/aromatic N) is 2. The molecule has 0 amide bonds. The Morgan fingerprint density at radius 1 is 0.912 bits per heavy atom. The highest BCUT2D eigenvalue weighted by Gasteiger charge is 2.65. The fraction of sp³-hybridized carbons (Fsp3) is 0.963. The molecule has 0 aromatic rings. The monoisotopic (exact) mass is 476 g/mol. The Hall–Kier alpha value is -1.53. The van der Waals surface area contributed by atoms with E-state index in [1.165, 1.54) is 12.8 Å². The summed E-state index contributed by atoms with van der Waals surface area (Å²) in [5.74, 6) is 3.04. The standard InChI is InChI=1S/C27H44N2O5/c1-16(2)25(30)11-6-17(3)20-9-10-21-19-7-8-23-24(29(33)34)14-18(28(31)32)15-27(23,5)22(19)12-13-26(20,21)4/h16-24H,6-15H2,1-5H3/t17-,18?,19+,20-,21+,22+,23?,24?,26-,27-/m1/s1. The van der Waals surface area contributed by atoms with Gasteiger partial charge in [0.05, 0.1) is 6.42 Å². The second-order valence-corrected chi connectivity index (χ2v) is 13.2. The van der Waals surface area contributed by atoms with E-state index in [9.17, 15) is 25.0 Å². The third-order valence-electron chi connectivity index (χ3n) is 11.4. The minimum Gasteiger partial charge on any atom is -0.299 e.